The van der Waals surface area contributed by atoms with Crippen molar-refractivity contribution in [3.8, 4) is 0 Å². The summed E-state index contributed by atoms with van der Waals surface area (Å²) in [6.07, 6.45) is 3.57. The van der Waals surface area contributed by atoms with Gasteiger partial charge in [-0.05, 0) is 18.1 Å². The summed E-state index contributed by atoms with van der Waals surface area (Å²) >= 11 is 0. The second-order valence-corrected chi connectivity index (χ2v) is 7.44. The summed E-state index contributed by atoms with van der Waals surface area (Å²) in [4.78, 5) is -0.273. The molecular weight excluding hydrogens is 248 g/mol. The van der Waals surface area contributed by atoms with Gasteiger partial charge in [0, 0.05) is 12.5 Å². The average Bonchev–Trinajstić information content (AvgIpc) is 2.13. The Labute approximate surface area is 96.1 Å². The summed E-state index contributed by atoms with van der Waals surface area (Å²) in [5.74, 6) is 0. The van der Waals surface area contributed by atoms with Gasteiger partial charge in [0.2, 0.25) is 0 Å². The molecule has 0 aliphatic rings. The van der Waals surface area contributed by atoms with Crippen molar-refractivity contribution in [1.29, 1.82) is 0 Å². The first-order valence-corrected chi connectivity index (χ1v) is 8.28. The summed E-state index contributed by atoms with van der Waals surface area (Å²) in [6.45, 7) is 1.66. The third-order valence-electron chi connectivity index (χ3n) is 2.09. The van der Waals surface area contributed by atoms with Gasteiger partial charge in [-0.25, -0.2) is 16.8 Å². The van der Waals surface area contributed by atoms with E-state index in [2.05, 4.69) is 0 Å². The third kappa shape index (κ3) is 2.62. The van der Waals surface area contributed by atoms with Crippen molar-refractivity contribution in [3.05, 3.63) is 30.2 Å². The van der Waals surface area contributed by atoms with Crippen LogP contribution >= 0.6 is 0 Å². The number of hydrogen-bond acceptors (Lipinski definition) is 4. The number of sulfone groups is 2. The number of hydrogen-bond donors (Lipinski definition) is 0. The molecule has 0 saturated heterocycles. The highest BCUT2D eigenvalue weighted by Crippen LogP contribution is 2.25. The normalized spacial score (nSPS) is 12.7. The molecule has 6 heteroatoms. The van der Waals surface area contributed by atoms with Crippen LogP contribution < -0.4 is 0 Å². The van der Waals surface area contributed by atoms with Crippen LogP contribution in [-0.4, -0.2) is 29.3 Å². The summed E-state index contributed by atoms with van der Waals surface area (Å²) < 4.78 is 46.2. The van der Waals surface area contributed by atoms with Crippen molar-refractivity contribution in [1.82, 2.24) is 0 Å². The second-order valence-electron chi connectivity index (χ2n) is 3.51. The highest BCUT2D eigenvalue weighted by molar-refractivity contribution is 7.93. The minimum atomic E-state index is -3.57. The molecule has 0 heterocycles. The molecule has 0 fully saturated rings. The van der Waals surface area contributed by atoms with Gasteiger partial charge < -0.3 is 0 Å². The lowest BCUT2D eigenvalue weighted by atomic mass is 10.2. The van der Waals surface area contributed by atoms with Crippen LogP contribution in [0.15, 0.2) is 28.0 Å². The summed E-state index contributed by atoms with van der Waals surface area (Å²) in [7, 11) is -7.12. The van der Waals surface area contributed by atoms with Crippen molar-refractivity contribution < 1.29 is 16.8 Å². The lowest BCUT2D eigenvalue weighted by Gasteiger charge is -2.10. The SMILES string of the molecule is C[CH]c1cccc(S(C)(=O)=O)c1S(C)(=O)=O. The van der Waals surface area contributed by atoms with Gasteiger partial charge in [-0.2, -0.15) is 0 Å². The van der Waals surface area contributed by atoms with E-state index in [9.17, 15) is 16.8 Å². The fourth-order valence-corrected chi connectivity index (χ4v) is 4.19. The van der Waals surface area contributed by atoms with E-state index < -0.39 is 19.7 Å². The zero-order chi connectivity index (χ0) is 12.6. The quantitative estimate of drug-likeness (QED) is 0.816. The summed E-state index contributed by atoms with van der Waals surface area (Å²) in [5, 5.41) is 0. The van der Waals surface area contributed by atoms with E-state index in [0.717, 1.165) is 12.5 Å². The Balaban J connectivity index is 3.79. The minimum absolute atomic E-state index is 0.125. The van der Waals surface area contributed by atoms with E-state index in [1.54, 1.807) is 19.4 Å². The highest BCUT2D eigenvalue weighted by Gasteiger charge is 2.23. The van der Waals surface area contributed by atoms with Crippen LogP contribution in [-0.2, 0) is 19.7 Å². The van der Waals surface area contributed by atoms with Crippen LogP contribution in [0, 0.1) is 6.42 Å². The van der Waals surface area contributed by atoms with Gasteiger partial charge in [-0.3, -0.25) is 0 Å². The Kier molecular flexibility index (Phi) is 3.44. The van der Waals surface area contributed by atoms with Crippen LogP contribution in [0.5, 0.6) is 0 Å². The smallest absolute Gasteiger partial charge is 0.177 e. The molecule has 0 aliphatic heterocycles. The highest BCUT2D eigenvalue weighted by atomic mass is 32.2. The van der Waals surface area contributed by atoms with Crippen molar-refractivity contribution in [2.24, 2.45) is 0 Å². The maximum Gasteiger partial charge on any atom is 0.177 e. The molecule has 0 atom stereocenters. The lowest BCUT2D eigenvalue weighted by Crippen LogP contribution is -2.09. The molecule has 1 aromatic rings. The molecule has 4 nitrogen and oxygen atoms in total. The zero-order valence-corrected chi connectivity index (χ0v) is 10.9. The molecule has 1 radical (unpaired) electrons. The first kappa shape index (κ1) is 13.2. The monoisotopic (exact) mass is 261 g/mol. The Morgan fingerprint density at radius 3 is 1.94 bits per heavy atom. The van der Waals surface area contributed by atoms with Crippen LogP contribution in [0.1, 0.15) is 12.5 Å². The zero-order valence-electron chi connectivity index (χ0n) is 9.26. The van der Waals surface area contributed by atoms with Crippen LogP contribution in [0.25, 0.3) is 0 Å². The van der Waals surface area contributed by atoms with E-state index in [4.69, 9.17) is 0 Å². The van der Waals surface area contributed by atoms with E-state index in [-0.39, 0.29) is 9.79 Å². The maximum atomic E-state index is 11.6. The predicted molar refractivity (Wildman–Crippen MR) is 61.7 cm³/mol. The second kappa shape index (κ2) is 4.18. The fraction of sp³-hybridized carbons (Fsp3) is 0.300. The molecule has 0 saturated carbocycles. The predicted octanol–water partition coefficient (Wildman–Crippen LogP) is 1.07. The van der Waals surface area contributed by atoms with Gasteiger partial charge in [-0.1, -0.05) is 19.1 Å². The van der Waals surface area contributed by atoms with Crippen LogP contribution in [0.3, 0.4) is 0 Å². The van der Waals surface area contributed by atoms with Gasteiger partial charge in [0.25, 0.3) is 0 Å². The third-order valence-corrected chi connectivity index (χ3v) is 4.56. The van der Waals surface area contributed by atoms with Gasteiger partial charge >= 0.3 is 0 Å². The van der Waals surface area contributed by atoms with Gasteiger partial charge in [0.05, 0.1) is 9.79 Å². The first-order chi connectivity index (χ1) is 7.18. The molecule has 0 bridgehead atoms. The maximum absolute atomic E-state index is 11.6. The molecule has 16 heavy (non-hydrogen) atoms. The van der Waals surface area contributed by atoms with Crippen molar-refractivity contribution in [2.75, 3.05) is 12.5 Å². The van der Waals surface area contributed by atoms with Crippen molar-refractivity contribution >= 4 is 19.7 Å². The Bertz CT molecular complexity index is 598. The number of rotatable bonds is 3. The topological polar surface area (TPSA) is 68.3 Å². The average molecular weight is 261 g/mol. The lowest BCUT2D eigenvalue weighted by molar-refractivity contribution is 0.588. The van der Waals surface area contributed by atoms with E-state index in [1.807, 2.05) is 0 Å². The molecule has 89 valence electrons. The Morgan fingerprint density at radius 1 is 1.00 bits per heavy atom. The molecule has 0 amide bonds. The van der Waals surface area contributed by atoms with E-state index in [0.29, 0.717) is 5.56 Å². The molecule has 0 aliphatic carbocycles. The van der Waals surface area contributed by atoms with Gasteiger partial charge in [0.1, 0.15) is 0 Å². The van der Waals surface area contributed by atoms with Gasteiger partial charge in [0.15, 0.2) is 19.7 Å². The van der Waals surface area contributed by atoms with Crippen LogP contribution in [0.2, 0.25) is 0 Å². The van der Waals surface area contributed by atoms with E-state index >= 15 is 0 Å². The molecule has 0 spiro atoms. The standard InChI is InChI=1S/C10H13O4S2/c1-4-8-6-5-7-9(15(2,11)12)10(8)16(3,13)14/h4-7H,1-3H3. The minimum Gasteiger partial charge on any atom is -0.224 e. The first-order valence-electron chi connectivity index (χ1n) is 4.50. The Hall–Kier alpha value is -0.880. The molecule has 1 aromatic carbocycles. The van der Waals surface area contributed by atoms with Gasteiger partial charge in [-0.15, -0.1) is 0 Å². The molecule has 0 unspecified atom stereocenters. The molecular formula is C10H13O4S2. The fourth-order valence-electron chi connectivity index (χ4n) is 1.45. The molecule has 0 N–H and O–H groups in total. The van der Waals surface area contributed by atoms with E-state index in [1.165, 1.54) is 12.1 Å². The van der Waals surface area contributed by atoms with Crippen molar-refractivity contribution in [2.45, 2.75) is 16.7 Å². The summed E-state index contributed by atoms with van der Waals surface area (Å²) in [5.41, 5.74) is 0.408. The molecule has 0 aromatic heterocycles. The summed E-state index contributed by atoms with van der Waals surface area (Å²) in [6, 6.07) is 4.41. The number of benzene rings is 1. The molecule has 1 rings (SSSR count). The largest absolute Gasteiger partial charge is 0.224 e. The van der Waals surface area contributed by atoms with Crippen molar-refractivity contribution in [3.63, 3.8) is 0 Å². The van der Waals surface area contributed by atoms with Crippen LogP contribution in [0.4, 0.5) is 0 Å². The Morgan fingerprint density at radius 2 is 1.56 bits per heavy atom.